The average Bonchev–Trinajstić information content (AvgIpc) is 3.27. The number of likely N-dealkylation sites (tertiary alicyclic amines) is 1. The third kappa shape index (κ3) is 3.06. The molecule has 0 spiro atoms. The van der Waals surface area contributed by atoms with Crippen LogP contribution in [0.2, 0.25) is 5.02 Å². The maximum Gasteiger partial charge on any atom is 0.417 e. The largest absolute Gasteiger partial charge is 0.417 e. The SMILES string of the molecule is O=C(C1CC1c1ccccc1Cl)N1CCC(O)(C(F)(F)F)CC1. The van der Waals surface area contributed by atoms with Crippen LogP contribution < -0.4 is 0 Å². The van der Waals surface area contributed by atoms with Gasteiger partial charge in [-0.05, 0) is 24.0 Å². The van der Waals surface area contributed by atoms with Gasteiger partial charge in [0.1, 0.15) is 0 Å². The van der Waals surface area contributed by atoms with E-state index in [1.807, 2.05) is 18.2 Å². The van der Waals surface area contributed by atoms with Gasteiger partial charge in [-0.1, -0.05) is 29.8 Å². The van der Waals surface area contributed by atoms with Crippen molar-refractivity contribution in [3.63, 3.8) is 0 Å². The van der Waals surface area contributed by atoms with E-state index in [2.05, 4.69) is 0 Å². The number of aliphatic hydroxyl groups is 1. The number of rotatable bonds is 2. The van der Waals surface area contributed by atoms with E-state index in [1.165, 1.54) is 4.90 Å². The molecule has 0 aromatic heterocycles. The Bertz CT molecular complexity index is 612. The zero-order valence-electron chi connectivity index (χ0n) is 12.3. The molecule has 2 atom stereocenters. The second-order valence-electron chi connectivity index (χ2n) is 6.32. The second-order valence-corrected chi connectivity index (χ2v) is 6.73. The summed E-state index contributed by atoms with van der Waals surface area (Å²) >= 11 is 6.12. The molecule has 1 saturated heterocycles. The molecule has 1 aliphatic heterocycles. The third-order valence-electron chi connectivity index (χ3n) is 4.84. The van der Waals surface area contributed by atoms with E-state index >= 15 is 0 Å². The summed E-state index contributed by atoms with van der Waals surface area (Å²) in [6, 6.07) is 7.30. The first kappa shape index (κ1) is 16.6. The van der Waals surface area contributed by atoms with E-state index in [1.54, 1.807) is 6.07 Å². The van der Waals surface area contributed by atoms with Gasteiger partial charge in [0.2, 0.25) is 5.91 Å². The highest BCUT2D eigenvalue weighted by atomic mass is 35.5. The van der Waals surface area contributed by atoms with Crippen molar-refractivity contribution in [3.8, 4) is 0 Å². The molecule has 1 aromatic rings. The highest BCUT2D eigenvalue weighted by molar-refractivity contribution is 6.31. The lowest BCUT2D eigenvalue weighted by Crippen LogP contribution is -2.54. The minimum atomic E-state index is -4.65. The number of hydrogen-bond donors (Lipinski definition) is 1. The molecular weight excluding hydrogens is 331 g/mol. The maximum absolute atomic E-state index is 12.8. The first-order valence-electron chi connectivity index (χ1n) is 7.55. The number of carbonyl (C=O) groups excluding carboxylic acids is 1. The quantitative estimate of drug-likeness (QED) is 0.891. The average molecular weight is 348 g/mol. The summed E-state index contributed by atoms with van der Waals surface area (Å²) < 4.78 is 38.4. The highest BCUT2D eigenvalue weighted by Gasteiger charge is 2.56. The molecule has 0 radical (unpaired) electrons. The molecule has 7 heteroatoms. The molecule has 1 aromatic carbocycles. The molecule has 3 rings (SSSR count). The minimum Gasteiger partial charge on any atom is -0.380 e. The first-order chi connectivity index (χ1) is 10.7. The predicted octanol–water partition coefficient (Wildman–Crippen LogP) is 3.36. The van der Waals surface area contributed by atoms with Crippen molar-refractivity contribution >= 4 is 17.5 Å². The molecule has 3 nitrogen and oxygen atoms in total. The van der Waals surface area contributed by atoms with Gasteiger partial charge in [-0.2, -0.15) is 13.2 Å². The van der Waals surface area contributed by atoms with Gasteiger partial charge in [-0.25, -0.2) is 0 Å². The minimum absolute atomic E-state index is 0.0413. The van der Waals surface area contributed by atoms with Crippen LogP contribution in [0.15, 0.2) is 24.3 Å². The number of halogens is 4. The molecule has 2 aliphatic rings. The Labute approximate surface area is 137 Å². The number of alkyl halides is 3. The van der Waals surface area contributed by atoms with Gasteiger partial charge in [0.05, 0.1) is 0 Å². The fourth-order valence-electron chi connectivity index (χ4n) is 3.20. The van der Waals surface area contributed by atoms with Gasteiger partial charge in [-0.15, -0.1) is 0 Å². The summed E-state index contributed by atoms with van der Waals surface area (Å²) in [6.07, 6.45) is -4.91. The van der Waals surface area contributed by atoms with Gasteiger partial charge < -0.3 is 10.0 Å². The van der Waals surface area contributed by atoms with Crippen molar-refractivity contribution in [3.05, 3.63) is 34.9 Å². The van der Waals surface area contributed by atoms with Crippen LogP contribution in [-0.2, 0) is 4.79 Å². The van der Waals surface area contributed by atoms with Crippen LogP contribution >= 0.6 is 11.6 Å². The molecule has 1 saturated carbocycles. The standard InChI is InChI=1S/C16H17ClF3NO2/c17-13-4-2-1-3-10(13)11-9-12(11)14(22)21-7-5-15(23,6-8-21)16(18,19)20/h1-4,11-12,23H,5-9H2. The molecule has 2 fully saturated rings. The summed E-state index contributed by atoms with van der Waals surface area (Å²) in [5, 5.41) is 10.3. The molecule has 1 N–H and O–H groups in total. The Balaban J connectivity index is 1.61. The van der Waals surface area contributed by atoms with E-state index < -0.39 is 24.6 Å². The normalized spacial score (nSPS) is 26.9. The molecular formula is C16H17ClF3NO2. The molecule has 2 unspecified atom stereocenters. The molecule has 0 bridgehead atoms. The molecule has 1 amide bonds. The lowest BCUT2D eigenvalue weighted by atomic mass is 9.90. The lowest BCUT2D eigenvalue weighted by molar-refractivity contribution is -0.272. The molecule has 1 heterocycles. The van der Waals surface area contributed by atoms with Crippen LogP contribution in [0, 0.1) is 5.92 Å². The molecule has 23 heavy (non-hydrogen) atoms. The van der Waals surface area contributed by atoms with Crippen molar-refractivity contribution in [2.45, 2.75) is 37.0 Å². The summed E-state index contributed by atoms with van der Waals surface area (Å²) in [5.41, 5.74) is -1.76. The van der Waals surface area contributed by atoms with Crippen LogP contribution in [0.5, 0.6) is 0 Å². The van der Waals surface area contributed by atoms with E-state index in [9.17, 15) is 23.1 Å². The predicted molar refractivity (Wildman–Crippen MR) is 79.1 cm³/mol. The Hall–Kier alpha value is -1.27. The van der Waals surface area contributed by atoms with Gasteiger partial charge >= 0.3 is 6.18 Å². The maximum atomic E-state index is 12.8. The van der Waals surface area contributed by atoms with Gasteiger partial charge in [0, 0.05) is 36.9 Å². The number of benzene rings is 1. The van der Waals surface area contributed by atoms with Crippen LogP contribution in [0.3, 0.4) is 0 Å². The topological polar surface area (TPSA) is 40.5 Å². The van der Waals surface area contributed by atoms with Crippen LogP contribution in [-0.4, -0.2) is 40.8 Å². The van der Waals surface area contributed by atoms with Crippen molar-refractivity contribution in [2.75, 3.05) is 13.1 Å². The van der Waals surface area contributed by atoms with Crippen molar-refractivity contribution in [1.29, 1.82) is 0 Å². The monoisotopic (exact) mass is 347 g/mol. The van der Waals surface area contributed by atoms with Crippen molar-refractivity contribution in [2.24, 2.45) is 5.92 Å². The van der Waals surface area contributed by atoms with E-state index in [0.717, 1.165) is 5.56 Å². The Morgan fingerprint density at radius 1 is 1.26 bits per heavy atom. The lowest BCUT2D eigenvalue weighted by Gasteiger charge is -2.39. The van der Waals surface area contributed by atoms with E-state index in [-0.39, 0.29) is 30.8 Å². The molecule has 126 valence electrons. The van der Waals surface area contributed by atoms with Crippen LogP contribution in [0.25, 0.3) is 0 Å². The Kier molecular flexibility index (Phi) is 4.09. The Morgan fingerprint density at radius 2 is 1.87 bits per heavy atom. The number of amides is 1. The van der Waals surface area contributed by atoms with Crippen molar-refractivity contribution in [1.82, 2.24) is 4.90 Å². The summed E-state index contributed by atoms with van der Waals surface area (Å²) in [4.78, 5) is 13.9. The Morgan fingerprint density at radius 3 is 2.43 bits per heavy atom. The summed E-state index contributed by atoms with van der Waals surface area (Å²) in [7, 11) is 0. The smallest absolute Gasteiger partial charge is 0.380 e. The fourth-order valence-corrected chi connectivity index (χ4v) is 3.48. The van der Waals surface area contributed by atoms with Gasteiger partial charge in [0.15, 0.2) is 5.60 Å². The zero-order chi connectivity index (χ0) is 16.8. The second kappa shape index (κ2) is 5.67. The number of nitrogens with zero attached hydrogens (tertiary/aromatic N) is 1. The molecule has 1 aliphatic carbocycles. The van der Waals surface area contributed by atoms with Crippen LogP contribution in [0.4, 0.5) is 13.2 Å². The third-order valence-corrected chi connectivity index (χ3v) is 5.19. The summed E-state index contributed by atoms with van der Waals surface area (Å²) in [6.45, 7) is -0.138. The van der Waals surface area contributed by atoms with E-state index in [0.29, 0.717) is 11.4 Å². The zero-order valence-corrected chi connectivity index (χ0v) is 13.1. The highest BCUT2D eigenvalue weighted by Crippen LogP contribution is 2.51. The number of carbonyl (C=O) groups is 1. The van der Waals surface area contributed by atoms with E-state index in [4.69, 9.17) is 11.6 Å². The summed E-state index contributed by atoms with van der Waals surface area (Å²) in [5.74, 6) is -0.314. The van der Waals surface area contributed by atoms with Gasteiger partial charge in [0.25, 0.3) is 0 Å². The first-order valence-corrected chi connectivity index (χ1v) is 7.93. The van der Waals surface area contributed by atoms with Crippen molar-refractivity contribution < 1.29 is 23.1 Å². The van der Waals surface area contributed by atoms with Crippen LogP contribution in [0.1, 0.15) is 30.7 Å². The number of piperidine rings is 1. The van der Waals surface area contributed by atoms with Gasteiger partial charge in [-0.3, -0.25) is 4.79 Å². The fraction of sp³-hybridized carbons (Fsp3) is 0.562. The number of hydrogen-bond acceptors (Lipinski definition) is 2.